The van der Waals surface area contributed by atoms with Crippen LogP contribution in [0.1, 0.15) is 37.8 Å². The van der Waals surface area contributed by atoms with Crippen molar-refractivity contribution in [1.29, 1.82) is 0 Å². The monoisotopic (exact) mass is 230 g/mol. The average molecular weight is 230 g/mol. The highest BCUT2D eigenvalue weighted by Gasteiger charge is 2.08. The molecule has 2 aromatic rings. The number of benzene rings is 1. The maximum absolute atomic E-state index is 11.8. The van der Waals surface area contributed by atoms with Crippen LogP contribution in [0.4, 0.5) is 0 Å². The Balaban J connectivity index is 2.67. The van der Waals surface area contributed by atoms with Crippen LogP contribution in [0.25, 0.3) is 11.0 Å². The second-order valence-electron chi connectivity index (χ2n) is 4.42. The van der Waals surface area contributed by atoms with Crippen molar-refractivity contribution in [2.24, 2.45) is 0 Å². The summed E-state index contributed by atoms with van der Waals surface area (Å²) in [5.41, 5.74) is 3.22. The average Bonchev–Trinajstić information content (AvgIpc) is 2.31. The highest BCUT2D eigenvalue weighted by Crippen LogP contribution is 2.21. The highest BCUT2D eigenvalue weighted by molar-refractivity contribution is 5.80. The van der Waals surface area contributed by atoms with Crippen molar-refractivity contribution >= 4 is 11.0 Å². The lowest BCUT2D eigenvalue weighted by molar-refractivity contribution is 0.596. The zero-order valence-electron chi connectivity index (χ0n) is 10.5. The fourth-order valence-electron chi connectivity index (χ4n) is 2.22. The molecule has 1 aromatic carbocycles. The number of rotatable bonds is 4. The maximum atomic E-state index is 11.8. The van der Waals surface area contributed by atoms with Crippen LogP contribution >= 0.6 is 0 Å². The fraction of sp³-hybridized carbons (Fsp3) is 0.400. The van der Waals surface area contributed by atoms with E-state index in [1.165, 1.54) is 17.9 Å². The van der Waals surface area contributed by atoms with Gasteiger partial charge in [0.2, 0.25) is 0 Å². The summed E-state index contributed by atoms with van der Waals surface area (Å²) < 4.78 is 5.51. The van der Waals surface area contributed by atoms with Crippen LogP contribution < -0.4 is 5.43 Å². The van der Waals surface area contributed by atoms with Gasteiger partial charge in [0.05, 0.1) is 11.6 Å². The molecule has 0 fully saturated rings. The van der Waals surface area contributed by atoms with Gasteiger partial charge in [0, 0.05) is 6.07 Å². The molecule has 0 aliphatic carbocycles. The molecule has 0 aliphatic heterocycles. The lowest BCUT2D eigenvalue weighted by Crippen LogP contribution is -2.02. The van der Waals surface area contributed by atoms with Gasteiger partial charge in [-0.15, -0.1) is 0 Å². The standard InChI is InChI=1S/C15H18O2/c1-3-5-11-9-12(6-4-2)15-13(10-11)14(16)7-8-17-15/h7-10H,3-6H2,1-2H3. The molecule has 0 saturated heterocycles. The van der Waals surface area contributed by atoms with Gasteiger partial charge in [-0.1, -0.05) is 32.8 Å². The van der Waals surface area contributed by atoms with E-state index in [0.717, 1.165) is 42.2 Å². The Morgan fingerprint density at radius 1 is 1.12 bits per heavy atom. The van der Waals surface area contributed by atoms with Gasteiger partial charge in [0.25, 0.3) is 0 Å². The molecule has 2 nitrogen and oxygen atoms in total. The van der Waals surface area contributed by atoms with E-state index in [0.29, 0.717) is 0 Å². The van der Waals surface area contributed by atoms with E-state index in [1.54, 1.807) is 0 Å². The van der Waals surface area contributed by atoms with Crippen LogP contribution in [0.2, 0.25) is 0 Å². The first-order valence-corrected chi connectivity index (χ1v) is 6.29. The van der Waals surface area contributed by atoms with Crippen molar-refractivity contribution in [3.8, 4) is 0 Å². The molecule has 0 aliphatic rings. The summed E-state index contributed by atoms with van der Waals surface area (Å²) in [6, 6.07) is 5.65. The molecular weight excluding hydrogens is 212 g/mol. The number of fused-ring (bicyclic) bond motifs is 1. The first kappa shape index (κ1) is 11.9. The molecule has 0 radical (unpaired) electrons. The molecule has 1 aromatic heterocycles. The van der Waals surface area contributed by atoms with E-state index in [-0.39, 0.29) is 5.43 Å². The number of hydrogen-bond donors (Lipinski definition) is 0. The summed E-state index contributed by atoms with van der Waals surface area (Å²) in [6.45, 7) is 4.29. The third kappa shape index (κ3) is 2.41. The van der Waals surface area contributed by atoms with Gasteiger partial charge < -0.3 is 4.42 Å². The van der Waals surface area contributed by atoms with Crippen LogP contribution in [-0.2, 0) is 12.8 Å². The highest BCUT2D eigenvalue weighted by atomic mass is 16.3. The Bertz CT molecular complexity index is 567. The van der Waals surface area contributed by atoms with E-state index in [2.05, 4.69) is 19.9 Å². The quantitative estimate of drug-likeness (QED) is 0.801. The van der Waals surface area contributed by atoms with E-state index >= 15 is 0 Å². The fourth-order valence-corrected chi connectivity index (χ4v) is 2.22. The van der Waals surface area contributed by atoms with Gasteiger partial charge in [0.15, 0.2) is 5.43 Å². The van der Waals surface area contributed by atoms with Gasteiger partial charge in [-0.05, 0) is 30.0 Å². The zero-order chi connectivity index (χ0) is 12.3. The third-order valence-corrected chi connectivity index (χ3v) is 2.95. The summed E-state index contributed by atoms with van der Waals surface area (Å²) >= 11 is 0. The van der Waals surface area contributed by atoms with Gasteiger partial charge in [-0.25, -0.2) is 0 Å². The Labute approximate surface area is 101 Å². The number of aryl methyl sites for hydroxylation is 2. The molecule has 0 spiro atoms. The lowest BCUT2D eigenvalue weighted by atomic mass is 10.00. The van der Waals surface area contributed by atoms with Gasteiger partial charge in [-0.2, -0.15) is 0 Å². The minimum absolute atomic E-state index is 0.0570. The van der Waals surface area contributed by atoms with E-state index in [4.69, 9.17) is 4.42 Å². The van der Waals surface area contributed by atoms with Crippen molar-refractivity contribution < 1.29 is 4.42 Å². The summed E-state index contributed by atoms with van der Waals surface area (Å²) in [6.07, 6.45) is 5.61. The summed E-state index contributed by atoms with van der Waals surface area (Å²) in [4.78, 5) is 11.8. The second kappa shape index (κ2) is 5.17. The Hall–Kier alpha value is -1.57. The van der Waals surface area contributed by atoms with Crippen molar-refractivity contribution in [2.45, 2.75) is 39.5 Å². The van der Waals surface area contributed by atoms with E-state index < -0.39 is 0 Å². The van der Waals surface area contributed by atoms with E-state index in [1.807, 2.05) is 6.07 Å². The molecule has 2 heteroatoms. The Morgan fingerprint density at radius 3 is 2.59 bits per heavy atom. The first-order chi connectivity index (χ1) is 8.26. The summed E-state index contributed by atoms with van der Waals surface area (Å²) in [5.74, 6) is 0. The smallest absolute Gasteiger partial charge is 0.192 e. The molecular formula is C15H18O2. The van der Waals surface area contributed by atoms with Crippen molar-refractivity contribution in [3.05, 3.63) is 45.8 Å². The molecule has 17 heavy (non-hydrogen) atoms. The van der Waals surface area contributed by atoms with Gasteiger partial charge in [0.1, 0.15) is 5.58 Å². The minimum Gasteiger partial charge on any atom is -0.464 e. The van der Waals surface area contributed by atoms with Gasteiger partial charge in [-0.3, -0.25) is 4.79 Å². The normalized spacial score (nSPS) is 10.9. The molecule has 0 atom stereocenters. The van der Waals surface area contributed by atoms with Crippen LogP contribution in [0.15, 0.2) is 33.7 Å². The predicted octanol–water partition coefficient (Wildman–Crippen LogP) is 3.70. The third-order valence-electron chi connectivity index (χ3n) is 2.95. The van der Waals surface area contributed by atoms with Gasteiger partial charge >= 0.3 is 0 Å². The largest absolute Gasteiger partial charge is 0.464 e. The molecule has 0 unspecified atom stereocenters. The van der Waals surface area contributed by atoms with Crippen LogP contribution in [-0.4, -0.2) is 0 Å². The topological polar surface area (TPSA) is 30.2 Å². The molecule has 0 bridgehead atoms. The lowest BCUT2D eigenvalue weighted by Gasteiger charge is -2.07. The molecule has 0 saturated carbocycles. The maximum Gasteiger partial charge on any atom is 0.192 e. The zero-order valence-corrected chi connectivity index (χ0v) is 10.5. The molecule has 2 rings (SSSR count). The number of hydrogen-bond acceptors (Lipinski definition) is 2. The molecule has 90 valence electrons. The molecule has 0 amide bonds. The SMILES string of the molecule is CCCc1cc(CCC)c2occc(=O)c2c1. The van der Waals surface area contributed by atoms with Crippen LogP contribution in [0.3, 0.4) is 0 Å². The van der Waals surface area contributed by atoms with Crippen LogP contribution in [0.5, 0.6) is 0 Å². The molecule has 0 N–H and O–H groups in total. The Kier molecular flexibility index (Phi) is 3.62. The Morgan fingerprint density at radius 2 is 1.88 bits per heavy atom. The second-order valence-corrected chi connectivity index (χ2v) is 4.42. The van der Waals surface area contributed by atoms with Crippen molar-refractivity contribution in [1.82, 2.24) is 0 Å². The first-order valence-electron chi connectivity index (χ1n) is 6.29. The van der Waals surface area contributed by atoms with Crippen molar-refractivity contribution in [2.75, 3.05) is 0 Å². The summed E-state index contributed by atoms with van der Waals surface area (Å²) in [7, 11) is 0. The minimum atomic E-state index is 0.0570. The van der Waals surface area contributed by atoms with E-state index in [9.17, 15) is 4.79 Å². The summed E-state index contributed by atoms with van der Waals surface area (Å²) in [5, 5.41) is 0.724. The molecule has 1 heterocycles. The van der Waals surface area contributed by atoms with Crippen LogP contribution in [0, 0.1) is 0 Å². The van der Waals surface area contributed by atoms with Crippen molar-refractivity contribution in [3.63, 3.8) is 0 Å². The predicted molar refractivity (Wildman–Crippen MR) is 70.5 cm³/mol.